The van der Waals surface area contributed by atoms with Crippen molar-refractivity contribution >= 4 is 36.7 Å². The third-order valence-corrected chi connectivity index (χ3v) is 10.0. The molecule has 1 fully saturated rings. The molecule has 0 radical (unpaired) electrons. The fourth-order valence-electron chi connectivity index (χ4n) is 5.46. The Bertz CT molecular complexity index is 1620. The van der Waals surface area contributed by atoms with Crippen molar-refractivity contribution in [3.05, 3.63) is 94.6 Å². The van der Waals surface area contributed by atoms with Gasteiger partial charge in [0, 0.05) is 18.4 Å². The number of hydrogen-bond donors (Lipinski definition) is 3. The number of benzene rings is 3. The molecule has 1 amide bonds. The summed E-state index contributed by atoms with van der Waals surface area (Å²) in [6.07, 6.45) is 2.69. The van der Waals surface area contributed by atoms with Gasteiger partial charge in [0.05, 0.1) is 0 Å². The minimum atomic E-state index is -4.22. The molecule has 0 aromatic heterocycles. The van der Waals surface area contributed by atoms with Crippen molar-refractivity contribution in [2.24, 2.45) is 0 Å². The molecule has 42 heavy (non-hydrogen) atoms. The van der Waals surface area contributed by atoms with Crippen LogP contribution in [0.4, 0.5) is 5.69 Å². The topological polar surface area (TPSA) is 146 Å². The van der Waals surface area contributed by atoms with E-state index in [2.05, 4.69) is 10.3 Å². The molecule has 0 spiro atoms. The van der Waals surface area contributed by atoms with Crippen LogP contribution >= 0.6 is 0 Å². The number of nitrogens with one attached hydrogen (secondary N) is 1. The Kier molecular flexibility index (Phi) is 9.07. The molecule has 5 rings (SSSR count). The Hall–Kier alpha value is -3.97. The number of aromatic hydroxyl groups is 2. The van der Waals surface area contributed by atoms with Crippen molar-refractivity contribution < 1.29 is 32.3 Å². The van der Waals surface area contributed by atoms with Gasteiger partial charge in [-0.05, 0) is 29.8 Å². The summed E-state index contributed by atoms with van der Waals surface area (Å²) in [5.74, 6) is -0.399. The molecule has 11 heteroatoms. The molecule has 3 unspecified atom stereocenters. The van der Waals surface area contributed by atoms with Gasteiger partial charge in [0.2, 0.25) is 0 Å². The summed E-state index contributed by atoms with van der Waals surface area (Å²) in [7, 11) is -4.22. The predicted octanol–water partition coefficient (Wildman–Crippen LogP) is 5.49. The number of phenols is 2. The summed E-state index contributed by atoms with van der Waals surface area (Å²) in [5, 5.41) is 32.0. The number of nitriles is 1. The maximum atomic E-state index is 13.4. The van der Waals surface area contributed by atoms with Gasteiger partial charge in [-0.25, -0.2) is 0 Å². The molecule has 9 nitrogen and oxygen atoms in total. The van der Waals surface area contributed by atoms with Crippen molar-refractivity contribution in [1.82, 2.24) is 0 Å². The summed E-state index contributed by atoms with van der Waals surface area (Å²) in [5.41, 5.74) is 2.35. The first kappa shape index (κ1) is 29.5. The number of unbranched alkanes of at least 4 members (excludes halogenated alkanes) is 2. The second kappa shape index (κ2) is 12.9. The molecule has 0 saturated carbocycles. The molecule has 2 heterocycles. The number of hydrogen-bond acceptors (Lipinski definition) is 8. The van der Waals surface area contributed by atoms with Crippen molar-refractivity contribution in [3.8, 4) is 22.2 Å². The third kappa shape index (κ3) is 6.73. The molecule has 2 aliphatic rings. The number of fused-ring (bicyclic) bond motifs is 2. The molecule has 3 N–H and O–H groups in total. The van der Waals surface area contributed by atoms with Crippen molar-refractivity contribution in [3.63, 3.8) is 0 Å². The Morgan fingerprint density at radius 1 is 1.00 bits per heavy atom. The molecule has 3 atom stereocenters. The van der Waals surface area contributed by atoms with Gasteiger partial charge in [0.1, 0.15) is 34.0 Å². The Morgan fingerprint density at radius 3 is 2.45 bits per heavy atom. The molecule has 3 aromatic rings. The zero-order valence-corrected chi connectivity index (χ0v) is 25.1. The average Bonchev–Trinajstić information content (AvgIpc) is 3.56. The van der Waals surface area contributed by atoms with E-state index in [-0.39, 0.29) is 55.4 Å². The second-order valence-corrected chi connectivity index (χ2v) is 13.6. The fourth-order valence-corrected chi connectivity index (χ4v) is 7.63. The monoisotopic (exact) mass is 654 g/mol. The summed E-state index contributed by atoms with van der Waals surface area (Å²) in [6.45, 7) is 0. The molecule has 2 aliphatic heterocycles. The van der Waals surface area contributed by atoms with Gasteiger partial charge in [-0.15, -0.1) is 0 Å². The van der Waals surface area contributed by atoms with E-state index in [4.69, 9.17) is 14.2 Å². The molecule has 218 valence electrons. The van der Waals surface area contributed by atoms with Crippen LogP contribution < -0.4 is 9.50 Å². The van der Waals surface area contributed by atoms with Crippen molar-refractivity contribution in [1.29, 1.82) is 5.26 Å². The molecule has 0 aliphatic carbocycles. The van der Waals surface area contributed by atoms with Gasteiger partial charge in [0.15, 0.2) is 0 Å². The van der Waals surface area contributed by atoms with E-state index in [1.54, 1.807) is 24.3 Å². The van der Waals surface area contributed by atoms with Crippen LogP contribution in [0.15, 0.2) is 83.5 Å². The molecule has 1 saturated heterocycles. The van der Waals surface area contributed by atoms with Crippen molar-refractivity contribution in [2.75, 3.05) is 5.32 Å². The predicted molar refractivity (Wildman–Crippen MR) is 157 cm³/mol. The van der Waals surface area contributed by atoms with Gasteiger partial charge in [-0.3, -0.25) is 0 Å². The number of nitrogens with zero attached hydrogens (tertiary/aromatic N) is 1. The van der Waals surface area contributed by atoms with E-state index < -0.39 is 22.1 Å². The number of allylic oxidation sites excluding steroid dienone is 1. The quantitative estimate of drug-likeness (QED) is 0.132. The van der Waals surface area contributed by atoms with E-state index in [1.165, 1.54) is 24.3 Å². The number of amides is 1. The summed E-state index contributed by atoms with van der Waals surface area (Å²) in [6, 6.07) is 19.7. The molecule has 3 aromatic carbocycles. The van der Waals surface area contributed by atoms with Crippen LogP contribution in [0.25, 0.3) is 0 Å². The number of anilines is 1. The Morgan fingerprint density at radius 2 is 1.74 bits per heavy atom. The molecule has 2 bridgehead atoms. The van der Waals surface area contributed by atoms with Crippen LogP contribution in [0.5, 0.6) is 17.2 Å². The molecular formula is C31H30N2O7SSe. The zero-order chi connectivity index (χ0) is 29.7. The van der Waals surface area contributed by atoms with Crippen LogP contribution in [-0.4, -0.2) is 45.6 Å². The third-order valence-electron chi connectivity index (χ3n) is 7.35. The first-order valence-electron chi connectivity index (χ1n) is 13.6. The van der Waals surface area contributed by atoms with Gasteiger partial charge in [-0.1, -0.05) is 18.2 Å². The molecular weight excluding hydrogens is 623 g/mol. The van der Waals surface area contributed by atoms with Crippen LogP contribution in [0.1, 0.15) is 55.1 Å². The summed E-state index contributed by atoms with van der Waals surface area (Å²) >= 11 is 0.0229. The van der Waals surface area contributed by atoms with Gasteiger partial charge in [0.25, 0.3) is 0 Å². The summed E-state index contributed by atoms with van der Waals surface area (Å²) < 4.78 is 38.3. The normalized spacial score (nSPS) is 19.3. The maximum absolute atomic E-state index is 13.4. The van der Waals surface area contributed by atoms with Crippen molar-refractivity contribution in [2.45, 2.75) is 55.4 Å². The van der Waals surface area contributed by atoms with E-state index in [0.29, 0.717) is 17.9 Å². The Balaban J connectivity index is 1.37. The minimum absolute atomic E-state index is 0.000559. The van der Waals surface area contributed by atoms with Gasteiger partial charge < -0.3 is 19.1 Å². The second-order valence-electron chi connectivity index (χ2n) is 10.2. The number of carbonyl (C=O) groups excluding carboxylic acids is 1. The van der Waals surface area contributed by atoms with Gasteiger partial charge in [-0.2, -0.15) is 8.42 Å². The van der Waals surface area contributed by atoms with Crippen LogP contribution in [-0.2, 0) is 19.6 Å². The van der Waals surface area contributed by atoms with E-state index >= 15 is 0 Å². The van der Waals surface area contributed by atoms with E-state index in [0.717, 1.165) is 35.7 Å². The number of phenolic OH excluding ortho intramolecular Hbond substituents is 2. The number of carbonyl (C=O) groups is 1. The Labute approximate surface area is 251 Å². The number of rotatable bonds is 12. The summed E-state index contributed by atoms with van der Waals surface area (Å²) in [4.78, 5) is 14.7. The zero-order valence-electron chi connectivity index (χ0n) is 22.6. The van der Waals surface area contributed by atoms with Gasteiger partial charge >= 0.3 is 124 Å². The first-order chi connectivity index (χ1) is 20.2. The SMILES string of the molecule is N#C[Se]CCCCCC(=O)Nc1ccc(C2C3=C(S(=O)(=O)Oc4cccc(O)c4)CC(O3)C2c2ccc(O)cc2)cc1. The van der Waals surface area contributed by atoms with Crippen LogP contribution in [0.2, 0.25) is 5.32 Å². The van der Waals surface area contributed by atoms with E-state index in [1.807, 2.05) is 24.3 Å². The fraction of sp³-hybridized carbons (Fsp3) is 0.290. The van der Waals surface area contributed by atoms with Crippen LogP contribution in [0, 0.1) is 10.2 Å². The van der Waals surface area contributed by atoms with Crippen LogP contribution in [0.3, 0.4) is 0 Å². The average molecular weight is 654 g/mol. The first-order valence-corrected chi connectivity index (χ1v) is 17.1. The standard InChI is InChI=1S/C31H30N2O7SSe/c32-19-42-16-3-1-2-7-28(36)33-22-12-8-21(9-13-22)30-29(20-10-14-23(34)15-11-20)26-18-27(31(30)39-26)41(37,38)40-25-6-4-5-24(35)17-25/h4-6,8-15,17,26,29-30,34-35H,1-3,7,16,18H2,(H,33,36). The van der Waals surface area contributed by atoms with E-state index in [9.17, 15) is 23.4 Å². The number of ether oxygens (including phenoxy) is 1.